The summed E-state index contributed by atoms with van der Waals surface area (Å²) >= 11 is 0. The first-order chi connectivity index (χ1) is 9.08. The van der Waals surface area contributed by atoms with E-state index in [1.807, 2.05) is 0 Å². The third kappa shape index (κ3) is 3.06. The summed E-state index contributed by atoms with van der Waals surface area (Å²) in [6.07, 6.45) is 1.55. The molecule has 7 heteroatoms. The molecule has 0 bridgehead atoms. The van der Waals surface area contributed by atoms with Crippen LogP contribution in [0.2, 0.25) is 0 Å². The summed E-state index contributed by atoms with van der Waals surface area (Å²) in [6.45, 7) is 3.42. The second-order valence-electron chi connectivity index (χ2n) is 4.20. The lowest BCUT2D eigenvalue weighted by atomic mass is 10.0. The van der Waals surface area contributed by atoms with E-state index in [4.69, 9.17) is 4.42 Å². The standard InChI is InChI=1S/C12H14N4O3/c1-7-9(12(18)16-13-7)6-11(17)15-14-8(2)10-4-3-5-19-10/h3-5,9H,6H2,1-2H3,(H,15,17)(H,16,18)/t9-/m0/s1. The van der Waals surface area contributed by atoms with Crippen molar-refractivity contribution in [1.29, 1.82) is 0 Å². The van der Waals surface area contributed by atoms with Crippen molar-refractivity contribution >= 4 is 23.2 Å². The minimum absolute atomic E-state index is 0.0239. The maximum Gasteiger partial charge on any atom is 0.249 e. The van der Waals surface area contributed by atoms with Gasteiger partial charge in [-0.3, -0.25) is 9.59 Å². The van der Waals surface area contributed by atoms with E-state index in [2.05, 4.69) is 21.1 Å². The van der Waals surface area contributed by atoms with Crippen molar-refractivity contribution in [3.8, 4) is 0 Å². The van der Waals surface area contributed by atoms with Gasteiger partial charge in [0.1, 0.15) is 11.5 Å². The van der Waals surface area contributed by atoms with Gasteiger partial charge >= 0.3 is 0 Å². The van der Waals surface area contributed by atoms with Crippen molar-refractivity contribution in [1.82, 2.24) is 10.9 Å². The smallest absolute Gasteiger partial charge is 0.249 e. The molecule has 1 aromatic rings. The van der Waals surface area contributed by atoms with Crippen LogP contribution < -0.4 is 10.9 Å². The second-order valence-corrected chi connectivity index (χ2v) is 4.20. The van der Waals surface area contributed by atoms with Crippen LogP contribution in [-0.2, 0) is 9.59 Å². The van der Waals surface area contributed by atoms with Crippen LogP contribution in [0.4, 0.5) is 0 Å². The first-order valence-electron chi connectivity index (χ1n) is 5.79. The summed E-state index contributed by atoms with van der Waals surface area (Å²) in [5, 5.41) is 7.68. The Morgan fingerprint density at radius 3 is 3.00 bits per heavy atom. The number of furan rings is 1. The molecule has 1 atom stereocenters. The number of carbonyl (C=O) groups is 2. The monoisotopic (exact) mass is 262 g/mol. The lowest BCUT2D eigenvalue weighted by molar-refractivity contribution is -0.127. The summed E-state index contributed by atoms with van der Waals surface area (Å²) < 4.78 is 5.13. The van der Waals surface area contributed by atoms with Crippen LogP contribution >= 0.6 is 0 Å². The third-order valence-electron chi connectivity index (χ3n) is 2.78. The van der Waals surface area contributed by atoms with E-state index in [9.17, 15) is 9.59 Å². The van der Waals surface area contributed by atoms with Crippen LogP contribution in [0.3, 0.4) is 0 Å². The number of hydrogen-bond donors (Lipinski definition) is 2. The predicted octanol–water partition coefficient (Wildman–Crippen LogP) is 0.632. The molecule has 100 valence electrons. The number of hydrogen-bond acceptors (Lipinski definition) is 5. The zero-order chi connectivity index (χ0) is 13.8. The zero-order valence-electron chi connectivity index (χ0n) is 10.6. The maximum atomic E-state index is 11.7. The van der Waals surface area contributed by atoms with Crippen LogP contribution in [-0.4, -0.2) is 23.2 Å². The van der Waals surface area contributed by atoms with Crippen molar-refractivity contribution in [2.75, 3.05) is 0 Å². The van der Waals surface area contributed by atoms with Gasteiger partial charge in [0.05, 0.1) is 12.2 Å². The molecule has 0 saturated heterocycles. The molecule has 0 spiro atoms. The quantitative estimate of drug-likeness (QED) is 0.615. The SMILES string of the molecule is CC(=NNC(=O)C[C@@H]1C(=O)NN=C1C)c1ccco1. The number of carbonyl (C=O) groups excluding carboxylic acids is 2. The Bertz CT molecular complexity index is 545. The normalized spacial score (nSPS) is 19.1. The van der Waals surface area contributed by atoms with Gasteiger partial charge in [0.15, 0.2) is 0 Å². The molecule has 1 aliphatic heterocycles. The molecule has 7 nitrogen and oxygen atoms in total. The Kier molecular flexibility index (Phi) is 3.74. The van der Waals surface area contributed by atoms with Crippen LogP contribution in [0.15, 0.2) is 33.0 Å². The molecular formula is C12H14N4O3. The van der Waals surface area contributed by atoms with Gasteiger partial charge in [-0.25, -0.2) is 10.9 Å². The Hall–Kier alpha value is -2.44. The summed E-state index contributed by atoms with van der Waals surface area (Å²) in [5.41, 5.74) is 5.88. The molecule has 2 heterocycles. The van der Waals surface area contributed by atoms with Crippen LogP contribution in [0.1, 0.15) is 26.0 Å². The van der Waals surface area contributed by atoms with Gasteiger partial charge in [-0.1, -0.05) is 0 Å². The van der Waals surface area contributed by atoms with Crippen molar-refractivity contribution in [3.63, 3.8) is 0 Å². The minimum Gasteiger partial charge on any atom is -0.463 e. The Morgan fingerprint density at radius 1 is 1.63 bits per heavy atom. The van der Waals surface area contributed by atoms with Gasteiger partial charge in [-0.2, -0.15) is 10.2 Å². The molecule has 0 unspecified atom stereocenters. The molecule has 2 amide bonds. The Morgan fingerprint density at radius 2 is 2.42 bits per heavy atom. The van der Waals surface area contributed by atoms with Crippen molar-refractivity contribution in [2.45, 2.75) is 20.3 Å². The highest BCUT2D eigenvalue weighted by atomic mass is 16.3. The molecule has 19 heavy (non-hydrogen) atoms. The fourth-order valence-corrected chi connectivity index (χ4v) is 1.65. The van der Waals surface area contributed by atoms with Crippen LogP contribution in [0.5, 0.6) is 0 Å². The number of nitrogens with zero attached hydrogens (tertiary/aromatic N) is 2. The lowest BCUT2D eigenvalue weighted by Gasteiger charge is -2.06. The van der Waals surface area contributed by atoms with Gasteiger partial charge in [0, 0.05) is 12.1 Å². The molecule has 1 aromatic heterocycles. The lowest BCUT2D eigenvalue weighted by Crippen LogP contribution is -2.29. The van der Waals surface area contributed by atoms with E-state index < -0.39 is 5.92 Å². The summed E-state index contributed by atoms with van der Waals surface area (Å²) in [6, 6.07) is 3.48. The van der Waals surface area contributed by atoms with E-state index >= 15 is 0 Å². The summed E-state index contributed by atoms with van der Waals surface area (Å²) in [5.74, 6) is -0.544. The third-order valence-corrected chi connectivity index (χ3v) is 2.78. The molecule has 0 fully saturated rings. The van der Waals surface area contributed by atoms with Crippen molar-refractivity contribution < 1.29 is 14.0 Å². The second kappa shape index (κ2) is 5.47. The van der Waals surface area contributed by atoms with E-state index in [1.165, 1.54) is 6.26 Å². The number of rotatable bonds is 4. The van der Waals surface area contributed by atoms with Crippen LogP contribution in [0.25, 0.3) is 0 Å². The average Bonchev–Trinajstić information content (AvgIpc) is 3.01. The molecule has 1 aliphatic rings. The highest BCUT2D eigenvalue weighted by Crippen LogP contribution is 2.11. The topological polar surface area (TPSA) is 96.1 Å². The first-order valence-corrected chi connectivity index (χ1v) is 5.79. The van der Waals surface area contributed by atoms with E-state index in [1.54, 1.807) is 26.0 Å². The highest BCUT2D eigenvalue weighted by Gasteiger charge is 2.29. The van der Waals surface area contributed by atoms with Crippen LogP contribution in [0, 0.1) is 5.92 Å². The molecular weight excluding hydrogens is 248 g/mol. The van der Waals surface area contributed by atoms with Gasteiger partial charge in [-0.15, -0.1) is 0 Å². The molecule has 0 aliphatic carbocycles. The Balaban J connectivity index is 1.90. The number of amides is 2. The minimum atomic E-state index is -0.515. The zero-order valence-corrected chi connectivity index (χ0v) is 10.6. The number of hydrazone groups is 2. The van der Waals surface area contributed by atoms with E-state index in [0.717, 1.165) is 0 Å². The predicted molar refractivity (Wildman–Crippen MR) is 68.4 cm³/mol. The molecule has 2 rings (SSSR count). The first kappa shape index (κ1) is 13.0. The van der Waals surface area contributed by atoms with Gasteiger partial charge in [0.2, 0.25) is 11.8 Å². The van der Waals surface area contributed by atoms with E-state index in [0.29, 0.717) is 17.2 Å². The van der Waals surface area contributed by atoms with E-state index in [-0.39, 0.29) is 18.2 Å². The summed E-state index contributed by atoms with van der Waals surface area (Å²) in [4.78, 5) is 23.1. The fraction of sp³-hybridized carbons (Fsp3) is 0.333. The van der Waals surface area contributed by atoms with Crippen molar-refractivity contribution in [3.05, 3.63) is 24.2 Å². The highest BCUT2D eigenvalue weighted by molar-refractivity contribution is 6.09. The number of nitrogens with one attached hydrogen (secondary N) is 2. The largest absolute Gasteiger partial charge is 0.463 e. The van der Waals surface area contributed by atoms with Gasteiger partial charge in [0.25, 0.3) is 0 Å². The molecule has 2 N–H and O–H groups in total. The van der Waals surface area contributed by atoms with Gasteiger partial charge < -0.3 is 4.42 Å². The maximum absolute atomic E-state index is 11.7. The van der Waals surface area contributed by atoms with Crippen molar-refractivity contribution in [2.24, 2.45) is 16.1 Å². The molecule has 0 saturated carbocycles. The Labute approximate surface area is 109 Å². The molecule has 0 aromatic carbocycles. The van der Waals surface area contributed by atoms with Gasteiger partial charge in [-0.05, 0) is 26.0 Å². The average molecular weight is 262 g/mol. The summed E-state index contributed by atoms with van der Waals surface area (Å²) in [7, 11) is 0. The fourth-order valence-electron chi connectivity index (χ4n) is 1.65. The molecule has 0 radical (unpaired) electrons.